The SMILES string of the molecule is CN1C(=O)c2ccc(NC(=O)COC(=O)c3cc([N+](=O)[O-])ccc3N3CCOCC3)cc2C1=O. The van der Waals surface area contributed by atoms with E-state index in [1.165, 1.54) is 37.4 Å². The normalized spacial score (nSPS) is 15.2. The molecule has 2 aliphatic rings. The number of carbonyl (C=O) groups excluding carboxylic acids is 4. The van der Waals surface area contributed by atoms with Crippen molar-refractivity contribution in [3.05, 3.63) is 63.2 Å². The minimum atomic E-state index is -0.892. The number of carbonyl (C=O) groups is 4. The molecule has 0 spiro atoms. The summed E-state index contributed by atoms with van der Waals surface area (Å²) in [7, 11) is 1.36. The number of imide groups is 1. The van der Waals surface area contributed by atoms with Crippen LogP contribution >= 0.6 is 0 Å². The summed E-state index contributed by atoms with van der Waals surface area (Å²) in [5.74, 6) is -2.49. The van der Waals surface area contributed by atoms with Crippen LogP contribution in [0.2, 0.25) is 0 Å². The van der Waals surface area contributed by atoms with E-state index in [9.17, 15) is 29.3 Å². The summed E-state index contributed by atoms with van der Waals surface area (Å²) in [5, 5.41) is 13.7. The van der Waals surface area contributed by atoms with Gasteiger partial charge in [0.2, 0.25) is 0 Å². The maximum Gasteiger partial charge on any atom is 0.341 e. The van der Waals surface area contributed by atoms with E-state index in [-0.39, 0.29) is 28.1 Å². The lowest BCUT2D eigenvalue weighted by Crippen LogP contribution is -2.37. The zero-order valence-corrected chi connectivity index (χ0v) is 18.1. The number of morpholine rings is 1. The summed E-state index contributed by atoms with van der Waals surface area (Å²) in [6, 6.07) is 8.14. The Labute approximate surface area is 193 Å². The molecule has 1 N–H and O–H groups in total. The van der Waals surface area contributed by atoms with Crippen LogP contribution in [0.4, 0.5) is 17.1 Å². The summed E-state index contributed by atoms with van der Waals surface area (Å²) < 4.78 is 10.4. The maximum absolute atomic E-state index is 12.7. The number of nitro groups is 1. The third-order valence-corrected chi connectivity index (χ3v) is 5.47. The third-order valence-electron chi connectivity index (χ3n) is 5.47. The van der Waals surface area contributed by atoms with Gasteiger partial charge in [0.1, 0.15) is 0 Å². The number of ether oxygens (including phenoxy) is 2. The first kappa shape index (κ1) is 22.9. The van der Waals surface area contributed by atoms with E-state index in [1.54, 1.807) is 0 Å². The second-order valence-corrected chi connectivity index (χ2v) is 7.61. The van der Waals surface area contributed by atoms with E-state index in [0.717, 1.165) is 11.0 Å². The molecule has 34 heavy (non-hydrogen) atoms. The summed E-state index contributed by atoms with van der Waals surface area (Å²) in [5.41, 5.74) is 0.780. The number of fused-ring (bicyclic) bond motifs is 1. The predicted molar refractivity (Wildman–Crippen MR) is 118 cm³/mol. The number of benzene rings is 2. The van der Waals surface area contributed by atoms with Crippen LogP contribution in [0, 0.1) is 10.1 Å². The molecule has 2 aromatic carbocycles. The predicted octanol–water partition coefficient (Wildman–Crippen LogP) is 1.45. The van der Waals surface area contributed by atoms with E-state index in [4.69, 9.17) is 9.47 Å². The van der Waals surface area contributed by atoms with E-state index < -0.39 is 35.2 Å². The second-order valence-electron chi connectivity index (χ2n) is 7.61. The molecule has 4 rings (SSSR count). The molecule has 0 unspecified atom stereocenters. The number of hydrogen-bond acceptors (Lipinski definition) is 9. The maximum atomic E-state index is 12.7. The first-order valence-corrected chi connectivity index (χ1v) is 10.3. The highest BCUT2D eigenvalue weighted by atomic mass is 16.6. The van der Waals surface area contributed by atoms with Crippen LogP contribution in [0.1, 0.15) is 31.1 Å². The highest BCUT2D eigenvalue weighted by Gasteiger charge is 2.33. The molecular weight excluding hydrogens is 448 g/mol. The molecule has 0 atom stereocenters. The van der Waals surface area contributed by atoms with Crippen LogP contribution in [0.5, 0.6) is 0 Å². The Morgan fingerprint density at radius 3 is 2.50 bits per heavy atom. The first-order chi connectivity index (χ1) is 16.3. The highest BCUT2D eigenvalue weighted by Crippen LogP contribution is 2.28. The van der Waals surface area contributed by atoms with E-state index in [2.05, 4.69) is 5.32 Å². The Balaban J connectivity index is 1.45. The topological polar surface area (TPSA) is 148 Å². The molecule has 0 bridgehead atoms. The van der Waals surface area contributed by atoms with Gasteiger partial charge >= 0.3 is 5.97 Å². The van der Waals surface area contributed by atoms with Crippen molar-refractivity contribution < 1.29 is 33.6 Å². The minimum Gasteiger partial charge on any atom is -0.452 e. The molecule has 12 heteroatoms. The average Bonchev–Trinajstić information content (AvgIpc) is 3.06. The van der Waals surface area contributed by atoms with Crippen LogP contribution in [0.25, 0.3) is 0 Å². The van der Waals surface area contributed by atoms with Crippen LogP contribution in [0.3, 0.4) is 0 Å². The Kier molecular flexibility index (Phi) is 6.23. The van der Waals surface area contributed by atoms with Gasteiger partial charge in [0, 0.05) is 38.0 Å². The van der Waals surface area contributed by atoms with Gasteiger partial charge in [-0.3, -0.25) is 29.4 Å². The Bertz CT molecular complexity index is 1210. The molecule has 0 aromatic heterocycles. The number of hydrogen-bond donors (Lipinski definition) is 1. The Morgan fingerprint density at radius 1 is 1.09 bits per heavy atom. The quantitative estimate of drug-likeness (QED) is 0.288. The van der Waals surface area contributed by atoms with Crippen molar-refractivity contribution in [1.29, 1.82) is 0 Å². The number of non-ortho nitro benzene ring substituents is 1. The molecule has 2 heterocycles. The lowest BCUT2D eigenvalue weighted by molar-refractivity contribution is -0.384. The van der Waals surface area contributed by atoms with Crippen molar-refractivity contribution in [2.75, 3.05) is 50.2 Å². The number of nitrogens with zero attached hydrogens (tertiary/aromatic N) is 3. The van der Waals surface area contributed by atoms with Gasteiger partial charge in [-0.1, -0.05) is 0 Å². The molecule has 2 aromatic rings. The van der Waals surface area contributed by atoms with Gasteiger partial charge < -0.3 is 19.7 Å². The largest absolute Gasteiger partial charge is 0.452 e. The van der Waals surface area contributed by atoms with Crippen LogP contribution < -0.4 is 10.2 Å². The van der Waals surface area contributed by atoms with Gasteiger partial charge in [0.15, 0.2) is 6.61 Å². The van der Waals surface area contributed by atoms with Gasteiger partial charge in [-0.05, 0) is 24.3 Å². The lowest BCUT2D eigenvalue weighted by Gasteiger charge is -2.30. The summed E-state index contributed by atoms with van der Waals surface area (Å²) in [6.45, 7) is 1.21. The molecule has 0 saturated carbocycles. The van der Waals surface area contributed by atoms with Gasteiger partial charge in [-0.25, -0.2) is 4.79 Å². The van der Waals surface area contributed by atoms with Crippen molar-refractivity contribution in [2.24, 2.45) is 0 Å². The molecule has 1 saturated heterocycles. The third kappa shape index (κ3) is 4.43. The molecular formula is C22H20N4O8. The van der Waals surface area contributed by atoms with E-state index >= 15 is 0 Å². The Hall–Kier alpha value is -4.32. The van der Waals surface area contributed by atoms with Crippen LogP contribution in [-0.2, 0) is 14.3 Å². The summed E-state index contributed by atoms with van der Waals surface area (Å²) in [4.78, 5) is 62.5. The van der Waals surface area contributed by atoms with Crippen molar-refractivity contribution in [3.8, 4) is 0 Å². The summed E-state index contributed by atoms with van der Waals surface area (Å²) in [6.07, 6.45) is 0. The minimum absolute atomic E-state index is 0.0337. The zero-order chi connectivity index (χ0) is 24.4. The molecule has 1 fully saturated rings. The highest BCUT2D eigenvalue weighted by molar-refractivity contribution is 6.21. The van der Waals surface area contributed by atoms with Crippen molar-refractivity contribution in [3.63, 3.8) is 0 Å². The van der Waals surface area contributed by atoms with Crippen LogP contribution in [-0.4, -0.2) is 73.5 Å². The van der Waals surface area contributed by atoms with E-state index in [1.807, 2.05) is 4.90 Å². The fourth-order valence-electron chi connectivity index (χ4n) is 3.73. The molecule has 0 radical (unpaired) electrons. The number of anilines is 2. The van der Waals surface area contributed by atoms with Crippen molar-refractivity contribution in [1.82, 2.24) is 4.90 Å². The van der Waals surface area contributed by atoms with Gasteiger partial charge in [0.25, 0.3) is 23.4 Å². The molecule has 12 nitrogen and oxygen atoms in total. The standard InChI is InChI=1S/C22H20N4O8/c1-24-20(28)15-4-2-13(10-16(15)21(24)29)23-19(27)12-34-22(30)17-11-14(26(31)32)3-5-18(17)25-6-8-33-9-7-25/h2-5,10-11H,6-9,12H2,1H3,(H,23,27). The van der Waals surface area contributed by atoms with Crippen LogP contribution in [0.15, 0.2) is 36.4 Å². The van der Waals surface area contributed by atoms with Gasteiger partial charge in [-0.15, -0.1) is 0 Å². The number of rotatable bonds is 6. The lowest BCUT2D eigenvalue weighted by atomic mass is 10.1. The molecule has 2 aliphatic heterocycles. The molecule has 3 amide bonds. The fourth-order valence-corrected chi connectivity index (χ4v) is 3.73. The number of nitro benzene ring substituents is 1. The average molecular weight is 468 g/mol. The number of nitrogens with one attached hydrogen (secondary N) is 1. The van der Waals surface area contributed by atoms with E-state index in [0.29, 0.717) is 32.0 Å². The molecule has 0 aliphatic carbocycles. The van der Waals surface area contributed by atoms with Crippen molar-refractivity contribution >= 4 is 40.8 Å². The number of esters is 1. The smallest absolute Gasteiger partial charge is 0.341 e. The Morgan fingerprint density at radius 2 is 1.79 bits per heavy atom. The number of amides is 3. The second kappa shape index (κ2) is 9.27. The molecule has 176 valence electrons. The monoisotopic (exact) mass is 468 g/mol. The summed E-state index contributed by atoms with van der Waals surface area (Å²) >= 11 is 0. The fraction of sp³-hybridized carbons (Fsp3) is 0.273. The van der Waals surface area contributed by atoms with Gasteiger partial charge in [-0.2, -0.15) is 0 Å². The van der Waals surface area contributed by atoms with Gasteiger partial charge in [0.05, 0.1) is 40.5 Å². The van der Waals surface area contributed by atoms with Crippen molar-refractivity contribution in [2.45, 2.75) is 0 Å². The first-order valence-electron chi connectivity index (χ1n) is 10.3. The zero-order valence-electron chi connectivity index (χ0n) is 18.1.